The summed E-state index contributed by atoms with van der Waals surface area (Å²) in [4.78, 5) is 0. The van der Waals surface area contributed by atoms with E-state index < -0.39 is 0 Å². The van der Waals surface area contributed by atoms with Crippen LogP contribution >= 0.6 is 0 Å². The lowest BCUT2D eigenvalue weighted by atomic mass is 9.88. The molecule has 3 rings (SSSR count). The van der Waals surface area contributed by atoms with Crippen LogP contribution in [-0.2, 0) is 12.8 Å². The van der Waals surface area contributed by atoms with Crippen molar-refractivity contribution in [2.24, 2.45) is 0 Å². The van der Waals surface area contributed by atoms with Crippen molar-refractivity contribution in [3.8, 4) is 23.0 Å². The molecule has 1 heterocycles. The monoisotopic (exact) mass is 326 g/mol. The maximum Gasteiger partial charge on any atom is 0.129 e. The Balaban J connectivity index is 1.91. The van der Waals surface area contributed by atoms with E-state index in [1.54, 1.807) is 18.2 Å². The molecule has 24 heavy (non-hydrogen) atoms. The van der Waals surface area contributed by atoms with Gasteiger partial charge in [0.2, 0.25) is 0 Å². The molecule has 4 nitrogen and oxygen atoms in total. The van der Waals surface area contributed by atoms with Crippen LogP contribution in [0.3, 0.4) is 0 Å². The molecule has 0 amide bonds. The van der Waals surface area contributed by atoms with Crippen LogP contribution in [0.4, 0.5) is 0 Å². The maximum atomic E-state index is 10.2. The SMILES string of the molecule is CC(C)=CCc1c(O)ccc2c1OCC(c1ccc(O)cc1O)C2. The van der Waals surface area contributed by atoms with Crippen LogP contribution in [0.15, 0.2) is 42.0 Å². The van der Waals surface area contributed by atoms with Crippen LogP contribution in [-0.4, -0.2) is 21.9 Å². The van der Waals surface area contributed by atoms with Crippen LogP contribution in [0.1, 0.15) is 36.5 Å². The molecule has 2 aromatic carbocycles. The van der Waals surface area contributed by atoms with E-state index in [0.717, 1.165) is 28.9 Å². The predicted octanol–water partition coefficient (Wildman–Crippen LogP) is 4.03. The standard InChI is InChI=1S/C20H22O4/c1-12(2)3-6-17-18(22)8-4-13-9-14(11-24-20(13)17)16-7-5-15(21)10-19(16)23/h3-5,7-8,10,14,21-23H,6,9,11H2,1-2H3. The van der Waals surface area contributed by atoms with Gasteiger partial charge in [0.15, 0.2) is 0 Å². The van der Waals surface area contributed by atoms with E-state index >= 15 is 0 Å². The van der Waals surface area contributed by atoms with Gasteiger partial charge in [-0.2, -0.15) is 0 Å². The zero-order chi connectivity index (χ0) is 17.3. The van der Waals surface area contributed by atoms with Crippen LogP contribution in [0.2, 0.25) is 0 Å². The summed E-state index contributed by atoms with van der Waals surface area (Å²) in [6.45, 7) is 4.48. The number of rotatable bonds is 3. The average molecular weight is 326 g/mol. The minimum absolute atomic E-state index is 0.0129. The van der Waals surface area contributed by atoms with E-state index in [1.807, 2.05) is 19.9 Å². The molecule has 1 aliphatic rings. The molecule has 0 aromatic heterocycles. The number of aromatic hydroxyl groups is 3. The van der Waals surface area contributed by atoms with Gasteiger partial charge >= 0.3 is 0 Å². The van der Waals surface area contributed by atoms with Crippen molar-refractivity contribution >= 4 is 0 Å². The van der Waals surface area contributed by atoms with Crippen molar-refractivity contribution in [3.63, 3.8) is 0 Å². The summed E-state index contributed by atoms with van der Waals surface area (Å²) in [6, 6.07) is 8.23. The summed E-state index contributed by atoms with van der Waals surface area (Å²) in [5, 5.41) is 29.7. The van der Waals surface area contributed by atoms with Crippen molar-refractivity contribution in [2.75, 3.05) is 6.61 Å². The second-order valence-electron chi connectivity index (χ2n) is 6.49. The Morgan fingerprint density at radius 3 is 2.62 bits per heavy atom. The quantitative estimate of drug-likeness (QED) is 0.745. The Bertz CT molecular complexity index is 788. The molecule has 0 radical (unpaired) electrons. The molecule has 0 spiro atoms. The van der Waals surface area contributed by atoms with Crippen molar-refractivity contribution < 1.29 is 20.1 Å². The highest BCUT2D eigenvalue weighted by Crippen LogP contribution is 2.41. The molecule has 0 bridgehead atoms. The second-order valence-corrected chi connectivity index (χ2v) is 6.49. The van der Waals surface area contributed by atoms with E-state index in [-0.39, 0.29) is 23.2 Å². The number of phenolic OH excluding ortho intramolecular Hbond substituents is 3. The van der Waals surface area contributed by atoms with Gasteiger partial charge in [0.25, 0.3) is 0 Å². The molecule has 2 aromatic rings. The molecule has 0 fully saturated rings. The molecule has 4 heteroatoms. The number of phenols is 3. The third-order valence-corrected chi connectivity index (χ3v) is 4.38. The zero-order valence-corrected chi connectivity index (χ0v) is 13.9. The van der Waals surface area contributed by atoms with Crippen LogP contribution in [0.25, 0.3) is 0 Å². The van der Waals surface area contributed by atoms with Crippen LogP contribution < -0.4 is 4.74 Å². The maximum absolute atomic E-state index is 10.2. The minimum atomic E-state index is 0.0129. The van der Waals surface area contributed by atoms with Crippen LogP contribution in [0.5, 0.6) is 23.0 Å². The third kappa shape index (κ3) is 3.18. The van der Waals surface area contributed by atoms with E-state index in [0.29, 0.717) is 13.0 Å². The minimum Gasteiger partial charge on any atom is -0.508 e. The van der Waals surface area contributed by atoms with E-state index in [2.05, 4.69) is 6.08 Å². The van der Waals surface area contributed by atoms with E-state index in [9.17, 15) is 15.3 Å². The highest BCUT2D eigenvalue weighted by Gasteiger charge is 2.26. The zero-order valence-electron chi connectivity index (χ0n) is 13.9. The summed E-state index contributed by atoms with van der Waals surface area (Å²) in [5.41, 5.74) is 3.78. The Morgan fingerprint density at radius 1 is 1.12 bits per heavy atom. The van der Waals surface area contributed by atoms with Gasteiger partial charge in [0.05, 0.1) is 6.61 Å². The fourth-order valence-electron chi connectivity index (χ4n) is 3.10. The van der Waals surface area contributed by atoms with Gasteiger partial charge in [0.1, 0.15) is 23.0 Å². The van der Waals surface area contributed by atoms with Gasteiger partial charge in [-0.05, 0) is 44.4 Å². The fourth-order valence-corrected chi connectivity index (χ4v) is 3.10. The summed E-state index contributed by atoms with van der Waals surface area (Å²) >= 11 is 0. The number of hydrogen-bond donors (Lipinski definition) is 3. The van der Waals surface area contributed by atoms with Crippen molar-refractivity contribution in [1.29, 1.82) is 0 Å². The molecule has 0 saturated carbocycles. The molecular weight excluding hydrogens is 304 g/mol. The highest BCUT2D eigenvalue weighted by molar-refractivity contribution is 5.53. The van der Waals surface area contributed by atoms with Gasteiger partial charge < -0.3 is 20.1 Å². The van der Waals surface area contributed by atoms with Crippen LogP contribution in [0, 0.1) is 0 Å². The first-order chi connectivity index (χ1) is 11.5. The normalized spacial score (nSPS) is 16.2. The Labute approximate surface area is 141 Å². The molecule has 1 aliphatic heterocycles. The molecule has 1 atom stereocenters. The lowest BCUT2D eigenvalue weighted by molar-refractivity contribution is 0.255. The Kier molecular flexibility index (Phi) is 4.38. The van der Waals surface area contributed by atoms with Crippen molar-refractivity contribution in [1.82, 2.24) is 0 Å². The number of fused-ring (bicyclic) bond motifs is 1. The van der Waals surface area contributed by atoms with Crippen molar-refractivity contribution in [3.05, 3.63) is 58.7 Å². The Morgan fingerprint density at radius 2 is 1.92 bits per heavy atom. The molecular formula is C20H22O4. The van der Waals surface area contributed by atoms with Gasteiger partial charge in [-0.25, -0.2) is 0 Å². The number of benzene rings is 2. The number of ether oxygens (including phenoxy) is 1. The van der Waals surface area contributed by atoms with Gasteiger partial charge in [-0.3, -0.25) is 0 Å². The van der Waals surface area contributed by atoms with E-state index in [1.165, 1.54) is 11.6 Å². The molecule has 1 unspecified atom stereocenters. The average Bonchev–Trinajstić information content (AvgIpc) is 2.53. The summed E-state index contributed by atoms with van der Waals surface area (Å²) < 4.78 is 5.96. The number of allylic oxidation sites excluding steroid dienone is 2. The number of hydrogen-bond acceptors (Lipinski definition) is 4. The first kappa shape index (κ1) is 16.2. The van der Waals surface area contributed by atoms with Gasteiger partial charge in [-0.1, -0.05) is 23.8 Å². The topological polar surface area (TPSA) is 69.9 Å². The predicted molar refractivity (Wildman–Crippen MR) is 93.0 cm³/mol. The first-order valence-electron chi connectivity index (χ1n) is 8.07. The smallest absolute Gasteiger partial charge is 0.129 e. The summed E-state index contributed by atoms with van der Waals surface area (Å²) in [7, 11) is 0. The third-order valence-electron chi connectivity index (χ3n) is 4.38. The Hall–Kier alpha value is -2.62. The largest absolute Gasteiger partial charge is 0.508 e. The highest BCUT2D eigenvalue weighted by atomic mass is 16.5. The first-order valence-corrected chi connectivity index (χ1v) is 8.07. The molecule has 0 aliphatic carbocycles. The fraction of sp³-hybridized carbons (Fsp3) is 0.300. The molecule has 126 valence electrons. The summed E-state index contributed by atoms with van der Waals surface area (Å²) in [6.07, 6.45) is 3.42. The lowest BCUT2D eigenvalue weighted by Gasteiger charge is -2.28. The lowest BCUT2D eigenvalue weighted by Crippen LogP contribution is -2.20. The molecule has 0 saturated heterocycles. The molecule has 3 N–H and O–H groups in total. The van der Waals surface area contributed by atoms with Gasteiger partial charge in [0, 0.05) is 23.1 Å². The summed E-state index contributed by atoms with van der Waals surface area (Å²) in [5.74, 6) is 1.14. The van der Waals surface area contributed by atoms with Crippen molar-refractivity contribution in [2.45, 2.75) is 32.6 Å². The van der Waals surface area contributed by atoms with E-state index in [4.69, 9.17) is 4.74 Å². The second kappa shape index (κ2) is 6.48. The van der Waals surface area contributed by atoms with Gasteiger partial charge in [-0.15, -0.1) is 0 Å².